The maximum atomic E-state index is 13.1. The molecule has 1 saturated heterocycles. The van der Waals surface area contributed by atoms with Gasteiger partial charge in [-0.3, -0.25) is 4.79 Å². The van der Waals surface area contributed by atoms with Crippen molar-refractivity contribution in [1.29, 1.82) is 0 Å². The lowest BCUT2D eigenvalue weighted by Crippen LogP contribution is -2.48. The fourth-order valence-corrected chi connectivity index (χ4v) is 3.66. The van der Waals surface area contributed by atoms with Crippen LogP contribution in [0.2, 0.25) is 0 Å². The molecule has 1 atom stereocenters. The van der Waals surface area contributed by atoms with Gasteiger partial charge < -0.3 is 10.2 Å². The number of carbonyl (C=O) groups is 1. The quantitative estimate of drug-likeness (QED) is 0.849. The summed E-state index contributed by atoms with van der Waals surface area (Å²) in [6.07, 6.45) is 4.27. The van der Waals surface area contributed by atoms with Crippen LogP contribution in [0.1, 0.15) is 37.3 Å². The number of amides is 1. The van der Waals surface area contributed by atoms with E-state index in [0.29, 0.717) is 5.91 Å². The minimum absolute atomic E-state index is 0.320. The monoisotopic (exact) mass is 272 g/mol. The van der Waals surface area contributed by atoms with Gasteiger partial charge >= 0.3 is 0 Å². The minimum Gasteiger partial charge on any atom is -0.341 e. The first-order valence-electron chi connectivity index (χ1n) is 7.80. The van der Waals surface area contributed by atoms with Gasteiger partial charge in [0.15, 0.2) is 0 Å². The van der Waals surface area contributed by atoms with Crippen molar-refractivity contribution >= 4 is 5.91 Å². The number of fused-ring (bicyclic) bond motifs is 1. The van der Waals surface area contributed by atoms with E-state index in [1.165, 1.54) is 11.1 Å². The molecule has 0 bridgehead atoms. The highest BCUT2D eigenvalue weighted by atomic mass is 16.2. The molecule has 1 N–H and O–H groups in total. The van der Waals surface area contributed by atoms with Gasteiger partial charge in [-0.05, 0) is 50.3 Å². The third-order valence-corrected chi connectivity index (χ3v) is 4.83. The molecule has 1 unspecified atom stereocenters. The van der Waals surface area contributed by atoms with Crippen LogP contribution in [-0.2, 0) is 16.6 Å². The number of aryl methyl sites for hydroxylation is 1. The number of rotatable bonds is 1. The maximum absolute atomic E-state index is 13.1. The summed E-state index contributed by atoms with van der Waals surface area (Å²) in [5.74, 6) is 0.327. The number of hydrogen-bond donors (Lipinski definition) is 1. The second-order valence-corrected chi connectivity index (χ2v) is 6.24. The Kier molecular flexibility index (Phi) is 3.79. The molecule has 1 aliphatic carbocycles. The van der Waals surface area contributed by atoms with E-state index in [0.717, 1.165) is 51.9 Å². The number of nitrogens with one attached hydrogen (secondary N) is 1. The van der Waals surface area contributed by atoms with E-state index in [1.54, 1.807) is 0 Å². The zero-order valence-electron chi connectivity index (χ0n) is 12.3. The van der Waals surface area contributed by atoms with Gasteiger partial charge in [0.1, 0.15) is 0 Å². The lowest BCUT2D eigenvalue weighted by molar-refractivity contribution is -0.137. The topological polar surface area (TPSA) is 32.3 Å². The normalized spacial score (nSPS) is 26.8. The first-order valence-corrected chi connectivity index (χ1v) is 7.80. The molecule has 2 aliphatic rings. The molecule has 108 valence electrons. The zero-order valence-corrected chi connectivity index (χ0v) is 12.3. The molecule has 0 radical (unpaired) electrons. The van der Waals surface area contributed by atoms with Gasteiger partial charge in [0.05, 0.1) is 5.41 Å². The number of benzene rings is 1. The molecular formula is C17H24N2O. The number of nitrogens with zero attached hydrogens (tertiary/aromatic N) is 1. The molecule has 0 aromatic heterocycles. The average molecular weight is 272 g/mol. The highest BCUT2D eigenvalue weighted by Crippen LogP contribution is 2.38. The summed E-state index contributed by atoms with van der Waals surface area (Å²) < 4.78 is 0. The Morgan fingerprint density at radius 2 is 2.05 bits per heavy atom. The highest BCUT2D eigenvalue weighted by Gasteiger charge is 2.41. The van der Waals surface area contributed by atoms with E-state index < -0.39 is 0 Å². The van der Waals surface area contributed by atoms with Crippen LogP contribution in [0.5, 0.6) is 0 Å². The van der Waals surface area contributed by atoms with Gasteiger partial charge in [-0.1, -0.05) is 24.3 Å². The Labute approximate surface area is 121 Å². The fourth-order valence-electron chi connectivity index (χ4n) is 3.66. The van der Waals surface area contributed by atoms with E-state index in [9.17, 15) is 4.79 Å². The zero-order chi connectivity index (χ0) is 14.0. The molecule has 0 saturated carbocycles. The molecule has 3 rings (SSSR count). The molecule has 1 aromatic rings. The van der Waals surface area contributed by atoms with E-state index >= 15 is 0 Å². The highest BCUT2D eigenvalue weighted by molar-refractivity contribution is 5.88. The van der Waals surface area contributed by atoms with Crippen molar-refractivity contribution in [2.45, 2.75) is 38.0 Å². The SMILES string of the molecule is CC1(C(=O)N2CCCNCC2)CCCc2ccccc21. The molecule has 20 heavy (non-hydrogen) atoms. The Morgan fingerprint density at radius 3 is 2.95 bits per heavy atom. The summed E-state index contributed by atoms with van der Waals surface area (Å²) in [4.78, 5) is 15.2. The van der Waals surface area contributed by atoms with Gasteiger partial charge in [-0.25, -0.2) is 0 Å². The van der Waals surface area contributed by atoms with Crippen molar-refractivity contribution in [3.05, 3.63) is 35.4 Å². The largest absolute Gasteiger partial charge is 0.341 e. The second-order valence-electron chi connectivity index (χ2n) is 6.24. The summed E-state index contributed by atoms with van der Waals surface area (Å²) >= 11 is 0. The van der Waals surface area contributed by atoms with Gasteiger partial charge in [-0.2, -0.15) is 0 Å². The molecular weight excluding hydrogens is 248 g/mol. The summed E-state index contributed by atoms with van der Waals surface area (Å²) in [6.45, 7) is 5.83. The third-order valence-electron chi connectivity index (χ3n) is 4.83. The first-order chi connectivity index (χ1) is 9.72. The van der Waals surface area contributed by atoms with Crippen molar-refractivity contribution in [3.8, 4) is 0 Å². The molecule has 1 aromatic carbocycles. The van der Waals surface area contributed by atoms with E-state index in [2.05, 4.69) is 41.4 Å². The Hall–Kier alpha value is -1.35. The van der Waals surface area contributed by atoms with Crippen molar-refractivity contribution in [1.82, 2.24) is 10.2 Å². The Bertz CT molecular complexity index is 492. The van der Waals surface area contributed by atoms with Crippen LogP contribution in [-0.4, -0.2) is 37.0 Å². The van der Waals surface area contributed by atoms with Crippen LogP contribution < -0.4 is 5.32 Å². The molecule has 1 amide bonds. The average Bonchev–Trinajstić information content (AvgIpc) is 2.76. The van der Waals surface area contributed by atoms with E-state index in [1.807, 2.05) is 0 Å². The number of hydrogen-bond acceptors (Lipinski definition) is 2. The van der Waals surface area contributed by atoms with Crippen LogP contribution >= 0.6 is 0 Å². The van der Waals surface area contributed by atoms with Gasteiger partial charge in [-0.15, -0.1) is 0 Å². The van der Waals surface area contributed by atoms with Crippen LogP contribution in [0.15, 0.2) is 24.3 Å². The summed E-state index contributed by atoms with van der Waals surface area (Å²) in [6, 6.07) is 8.50. The lowest BCUT2D eigenvalue weighted by Gasteiger charge is -2.38. The molecule has 1 fully saturated rings. The summed E-state index contributed by atoms with van der Waals surface area (Å²) in [7, 11) is 0. The van der Waals surface area contributed by atoms with Crippen LogP contribution in [0.4, 0.5) is 0 Å². The molecule has 3 heteroatoms. The van der Waals surface area contributed by atoms with E-state index in [-0.39, 0.29) is 5.41 Å². The Morgan fingerprint density at radius 1 is 1.20 bits per heavy atom. The van der Waals surface area contributed by atoms with Crippen LogP contribution in [0, 0.1) is 0 Å². The minimum atomic E-state index is -0.320. The molecule has 3 nitrogen and oxygen atoms in total. The third kappa shape index (κ3) is 2.35. The van der Waals surface area contributed by atoms with Gasteiger partial charge in [0, 0.05) is 19.6 Å². The van der Waals surface area contributed by atoms with Crippen molar-refractivity contribution in [2.24, 2.45) is 0 Å². The Balaban J connectivity index is 1.90. The molecule has 1 aliphatic heterocycles. The summed E-state index contributed by atoms with van der Waals surface area (Å²) in [5.41, 5.74) is 2.30. The predicted molar refractivity (Wildman–Crippen MR) is 80.8 cm³/mol. The molecule has 1 heterocycles. The maximum Gasteiger partial charge on any atom is 0.232 e. The standard InChI is InChI=1S/C17H24N2O/c1-17(16(20)19-12-5-10-18-11-13-19)9-4-7-14-6-2-3-8-15(14)17/h2-3,6,8,18H,4-5,7,9-13H2,1H3. The van der Waals surface area contributed by atoms with Crippen LogP contribution in [0.25, 0.3) is 0 Å². The van der Waals surface area contributed by atoms with Crippen molar-refractivity contribution in [2.75, 3.05) is 26.2 Å². The fraction of sp³-hybridized carbons (Fsp3) is 0.588. The van der Waals surface area contributed by atoms with E-state index in [4.69, 9.17) is 0 Å². The lowest BCUT2D eigenvalue weighted by atomic mass is 9.70. The smallest absolute Gasteiger partial charge is 0.232 e. The second kappa shape index (κ2) is 5.57. The summed E-state index contributed by atoms with van der Waals surface area (Å²) in [5, 5.41) is 3.37. The van der Waals surface area contributed by atoms with Gasteiger partial charge in [0.2, 0.25) is 5.91 Å². The first kappa shape index (κ1) is 13.6. The van der Waals surface area contributed by atoms with Gasteiger partial charge in [0.25, 0.3) is 0 Å². The predicted octanol–water partition coefficient (Wildman–Crippen LogP) is 2.10. The van der Waals surface area contributed by atoms with Crippen LogP contribution in [0.3, 0.4) is 0 Å². The van der Waals surface area contributed by atoms with Crippen molar-refractivity contribution in [3.63, 3.8) is 0 Å². The molecule has 0 spiro atoms. The van der Waals surface area contributed by atoms with Crippen molar-refractivity contribution < 1.29 is 4.79 Å². The number of carbonyl (C=O) groups excluding carboxylic acids is 1.